The molecular weight excluding hydrogens is 358 g/mol. The van der Waals surface area contributed by atoms with Gasteiger partial charge in [-0.2, -0.15) is 4.98 Å². The van der Waals surface area contributed by atoms with Gasteiger partial charge in [-0.15, -0.1) is 0 Å². The number of ether oxygens (including phenoxy) is 2. The van der Waals surface area contributed by atoms with Gasteiger partial charge in [-0.1, -0.05) is 25.9 Å². The molecule has 0 bridgehead atoms. The fourth-order valence-corrected chi connectivity index (χ4v) is 2.90. The van der Waals surface area contributed by atoms with E-state index in [4.69, 9.17) is 14.0 Å². The first-order valence-electron chi connectivity index (χ1n) is 9.73. The van der Waals surface area contributed by atoms with E-state index in [1.165, 1.54) is 0 Å². The molecule has 0 N–H and O–H groups in total. The number of rotatable bonds is 10. The predicted octanol–water partition coefficient (Wildman–Crippen LogP) is 3.97. The number of carbonyl (C=O) groups is 1. The van der Waals surface area contributed by atoms with Gasteiger partial charge in [0, 0.05) is 37.1 Å². The monoisotopic (exact) mass is 389 g/mol. The lowest BCUT2D eigenvalue weighted by Crippen LogP contribution is -2.40. The van der Waals surface area contributed by atoms with E-state index in [1.54, 1.807) is 20.3 Å². The Morgan fingerprint density at radius 3 is 2.32 bits per heavy atom. The van der Waals surface area contributed by atoms with Crippen molar-refractivity contribution in [1.29, 1.82) is 0 Å². The summed E-state index contributed by atoms with van der Waals surface area (Å²) in [6.45, 7) is 8.82. The Bertz CT molecular complexity index is 751. The maximum atomic E-state index is 12.6. The SMILES string of the molecule is CCC(C)N(CCc1nc(-c2cc(OC)cc(OC)c2)no1)C(=O)CC(C)C. The average molecular weight is 389 g/mol. The van der Waals surface area contributed by atoms with Gasteiger partial charge >= 0.3 is 0 Å². The molecular formula is C21H31N3O4. The summed E-state index contributed by atoms with van der Waals surface area (Å²) in [5, 5.41) is 4.07. The zero-order chi connectivity index (χ0) is 20.7. The normalized spacial score (nSPS) is 12.1. The first-order valence-corrected chi connectivity index (χ1v) is 9.73. The molecule has 0 radical (unpaired) electrons. The largest absolute Gasteiger partial charge is 0.497 e. The van der Waals surface area contributed by atoms with Crippen LogP contribution in [0.4, 0.5) is 0 Å². The molecule has 1 atom stereocenters. The molecule has 0 aliphatic heterocycles. The fourth-order valence-electron chi connectivity index (χ4n) is 2.90. The predicted molar refractivity (Wildman–Crippen MR) is 107 cm³/mol. The fraction of sp³-hybridized carbons (Fsp3) is 0.571. The molecule has 1 amide bonds. The van der Waals surface area contributed by atoms with E-state index >= 15 is 0 Å². The third-order valence-corrected chi connectivity index (χ3v) is 4.67. The van der Waals surface area contributed by atoms with Crippen LogP contribution in [0.2, 0.25) is 0 Å². The summed E-state index contributed by atoms with van der Waals surface area (Å²) in [5.74, 6) is 2.78. The van der Waals surface area contributed by atoms with Crippen LogP contribution < -0.4 is 9.47 Å². The van der Waals surface area contributed by atoms with E-state index in [0.29, 0.717) is 48.5 Å². The highest BCUT2D eigenvalue weighted by molar-refractivity contribution is 5.76. The molecule has 1 aromatic carbocycles. The second-order valence-corrected chi connectivity index (χ2v) is 7.31. The Morgan fingerprint density at radius 2 is 1.79 bits per heavy atom. The zero-order valence-electron chi connectivity index (χ0n) is 17.7. The highest BCUT2D eigenvalue weighted by Crippen LogP contribution is 2.28. The first kappa shape index (κ1) is 21.7. The van der Waals surface area contributed by atoms with Crippen LogP contribution in [0.3, 0.4) is 0 Å². The summed E-state index contributed by atoms with van der Waals surface area (Å²) in [6.07, 6.45) is 1.97. The number of hydrogen-bond donors (Lipinski definition) is 0. The molecule has 0 fully saturated rings. The Labute approximate surface area is 167 Å². The molecule has 1 unspecified atom stereocenters. The van der Waals surface area contributed by atoms with Gasteiger partial charge in [0.2, 0.25) is 17.6 Å². The minimum atomic E-state index is 0.168. The molecule has 2 aromatic rings. The maximum absolute atomic E-state index is 12.6. The molecule has 0 aliphatic carbocycles. The number of amides is 1. The minimum absolute atomic E-state index is 0.168. The van der Waals surface area contributed by atoms with Crippen LogP contribution in [0, 0.1) is 5.92 Å². The maximum Gasteiger partial charge on any atom is 0.228 e. The summed E-state index contributed by atoms with van der Waals surface area (Å²) in [4.78, 5) is 19.0. The molecule has 0 saturated heterocycles. The van der Waals surface area contributed by atoms with E-state index in [0.717, 1.165) is 12.0 Å². The van der Waals surface area contributed by atoms with Crippen LogP contribution in [0.25, 0.3) is 11.4 Å². The van der Waals surface area contributed by atoms with Crippen molar-refractivity contribution in [3.8, 4) is 22.9 Å². The number of aromatic nitrogens is 2. The summed E-state index contributed by atoms with van der Waals surface area (Å²) in [7, 11) is 3.19. The van der Waals surface area contributed by atoms with Crippen LogP contribution in [0.5, 0.6) is 11.5 Å². The molecule has 0 saturated carbocycles. The van der Waals surface area contributed by atoms with Crippen molar-refractivity contribution >= 4 is 5.91 Å². The first-order chi connectivity index (χ1) is 13.4. The number of nitrogens with zero attached hydrogens (tertiary/aromatic N) is 3. The van der Waals surface area contributed by atoms with Gasteiger partial charge in [-0.05, 0) is 31.4 Å². The van der Waals surface area contributed by atoms with Crippen LogP contribution in [-0.4, -0.2) is 47.8 Å². The Morgan fingerprint density at radius 1 is 1.14 bits per heavy atom. The summed E-state index contributed by atoms with van der Waals surface area (Å²) < 4.78 is 16.0. The second kappa shape index (κ2) is 10.1. The number of methoxy groups -OCH3 is 2. The number of hydrogen-bond acceptors (Lipinski definition) is 6. The molecule has 1 aromatic heterocycles. The third kappa shape index (κ3) is 5.71. The quantitative estimate of drug-likeness (QED) is 0.612. The van der Waals surface area contributed by atoms with Crippen LogP contribution in [-0.2, 0) is 11.2 Å². The molecule has 0 aliphatic rings. The van der Waals surface area contributed by atoms with Gasteiger partial charge in [-0.3, -0.25) is 4.79 Å². The summed E-state index contributed by atoms with van der Waals surface area (Å²) in [5.41, 5.74) is 0.751. The Kier molecular flexibility index (Phi) is 7.84. The molecule has 154 valence electrons. The molecule has 0 spiro atoms. The van der Waals surface area contributed by atoms with Crippen molar-refractivity contribution in [3.63, 3.8) is 0 Å². The van der Waals surface area contributed by atoms with E-state index < -0.39 is 0 Å². The van der Waals surface area contributed by atoms with Crippen molar-refractivity contribution in [3.05, 3.63) is 24.1 Å². The van der Waals surface area contributed by atoms with Gasteiger partial charge in [0.25, 0.3) is 0 Å². The second-order valence-electron chi connectivity index (χ2n) is 7.31. The van der Waals surface area contributed by atoms with Gasteiger partial charge in [0.15, 0.2) is 0 Å². The lowest BCUT2D eigenvalue weighted by atomic mass is 10.1. The van der Waals surface area contributed by atoms with Crippen molar-refractivity contribution in [2.75, 3.05) is 20.8 Å². The van der Waals surface area contributed by atoms with E-state index in [1.807, 2.05) is 17.0 Å². The van der Waals surface area contributed by atoms with E-state index in [-0.39, 0.29) is 11.9 Å². The van der Waals surface area contributed by atoms with Gasteiger partial charge in [-0.25, -0.2) is 0 Å². The zero-order valence-corrected chi connectivity index (χ0v) is 17.7. The number of benzene rings is 1. The van der Waals surface area contributed by atoms with Crippen LogP contribution in [0.15, 0.2) is 22.7 Å². The van der Waals surface area contributed by atoms with Crippen molar-refractivity contribution in [2.24, 2.45) is 5.92 Å². The van der Waals surface area contributed by atoms with Crippen molar-refractivity contribution in [2.45, 2.75) is 53.0 Å². The Hall–Kier alpha value is -2.57. The van der Waals surface area contributed by atoms with Gasteiger partial charge < -0.3 is 18.9 Å². The Balaban J connectivity index is 2.12. The molecule has 28 heavy (non-hydrogen) atoms. The molecule has 1 heterocycles. The van der Waals surface area contributed by atoms with Gasteiger partial charge in [0.05, 0.1) is 14.2 Å². The van der Waals surface area contributed by atoms with Crippen molar-refractivity contribution in [1.82, 2.24) is 15.0 Å². The standard InChI is InChI=1S/C21H31N3O4/c1-7-15(4)24(20(25)10-14(2)3)9-8-19-22-21(23-28-19)16-11-17(26-5)13-18(12-16)27-6/h11-15H,7-10H2,1-6H3. The van der Waals surface area contributed by atoms with Gasteiger partial charge in [0.1, 0.15) is 11.5 Å². The topological polar surface area (TPSA) is 77.7 Å². The van der Waals surface area contributed by atoms with E-state index in [2.05, 4.69) is 37.8 Å². The highest BCUT2D eigenvalue weighted by atomic mass is 16.5. The van der Waals surface area contributed by atoms with Crippen LogP contribution >= 0.6 is 0 Å². The van der Waals surface area contributed by atoms with E-state index in [9.17, 15) is 4.79 Å². The molecule has 7 heteroatoms. The summed E-state index contributed by atoms with van der Waals surface area (Å²) >= 11 is 0. The lowest BCUT2D eigenvalue weighted by molar-refractivity contribution is -0.134. The smallest absolute Gasteiger partial charge is 0.228 e. The minimum Gasteiger partial charge on any atom is -0.497 e. The number of carbonyl (C=O) groups excluding carboxylic acids is 1. The average Bonchev–Trinajstić information content (AvgIpc) is 3.15. The molecule has 2 rings (SSSR count). The van der Waals surface area contributed by atoms with Crippen molar-refractivity contribution < 1.29 is 18.8 Å². The summed E-state index contributed by atoms with van der Waals surface area (Å²) in [6, 6.07) is 5.62. The highest BCUT2D eigenvalue weighted by Gasteiger charge is 2.21. The lowest BCUT2D eigenvalue weighted by Gasteiger charge is -2.29. The molecule has 7 nitrogen and oxygen atoms in total. The third-order valence-electron chi connectivity index (χ3n) is 4.67. The van der Waals surface area contributed by atoms with Crippen LogP contribution in [0.1, 0.15) is 46.4 Å².